The van der Waals surface area contributed by atoms with Crippen LogP contribution in [0.15, 0.2) is 53.2 Å². The summed E-state index contributed by atoms with van der Waals surface area (Å²) in [6.45, 7) is 1.03. The van der Waals surface area contributed by atoms with Crippen molar-refractivity contribution >= 4 is 28.9 Å². The average molecular weight is 320 g/mol. The Balaban J connectivity index is 1.99. The number of hydrogen-bond acceptors (Lipinski definition) is 3. The lowest BCUT2D eigenvalue weighted by molar-refractivity contribution is 0.417. The highest BCUT2D eigenvalue weighted by molar-refractivity contribution is 8.05. The highest BCUT2D eigenvalue weighted by Crippen LogP contribution is 2.47. The van der Waals surface area contributed by atoms with E-state index in [0.29, 0.717) is 0 Å². The molecule has 1 aromatic rings. The van der Waals surface area contributed by atoms with E-state index < -0.39 is 0 Å². The van der Waals surface area contributed by atoms with Gasteiger partial charge in [-0.1, -0.05) is 42.1 Å². The van der Waals surface area contributed by atoms with Crippen molar-refractivity contribution in [1.29, 1.82) is 0 Å². The molecular formula is C17H18ClNOS. The number of rotatable bonds is 3. The Bertz CT molecular complexity index is 633. The minimum atomic E-state index is -0.0325. The molecule has 0 fully saturated rings. The van der Waals surface area contributed by atoms with Crippen molar-refractivity contribution in [2.75, 3.05) is 20.6 Å². The van der Waals surface area contributed by atoms with Crippen LogP contribution in [-0.2, 0) is 0 Å². The SMILES string of the molecule is CN(C)CCC=C1C2=C(C=CC(Cl)S2)Oc2ccccc21. The van der Waals surface area contributed by atoms with E-state index in [4.69, 9.17) is 16.3 Å². The van der Waals surface area contributed by atoms with Gasteiger partial charge in [0.15, 0.2) is 0 Å². The maximum atomic E-state index is 6.26. The Labute approximate surface area is 135 Å². The van der Waals surface area contributed by atoms with Crippen LogP contribution in [0.2, 0.25) is 0 Å². The predicted molar refractivity (Wildman–Crippen MR) is 91.6 cm³/mol. The van der Waals surface area contributed by atoms with Crippen LogP contribution in [0.5, 0.6) is 5.75 Å². The van der Waals surface area contributed by atoms with Crippen molar-refractivity contribution in [3.05, 3.63) is 58.7 Å². The molecule has 4 heteroatoms. The summed E-state index contributed by atoms with van der Waals surface area (Å²) in [4.78, 5) is 3.34. The van der Waals surface area contributed by atoms with E-state index in [9.17, 15) is 0 Å². The Morgan fingerprint density at radius 1 is 1.33 bits per heavy atom. The maximum absolute atomic E-state index is 6.26. The Kier molecular flexibility index (Phi) is 4.43. The highest BCUT2D eigenvalue weighted by atomic mass is 35.5. The molecule has 110 valence electrons. The number of nitrogens with zero attached hydrogens (tertiary/aromatic N) is 1. The molecule has 0 aromatic heterocycles. The van der Waals surface area contributed by atoms with E-state index in [1.54, 1.807) is 11.8 Å². The molecule has 21 heavy (non-hydrogen) atoms. The second-order valence-electron chi connectivity index (χ2n) is 5.33. The third-order valence-corrected chi connectivity index (χ3v) is 4.87. The van der Waals surface area contributed by atoms with Crippen LogP contribution in [-0.4, -0.2) is 30.2 Å². The van der Waals surface area contributed by atoms with Crippen LogP contribution >= 0.6 is 23.4 Å². The van der Waals surface area contributed by atoms with Crippen molar-refractivity contribution in [1.82, 2.24) is 4.90 Å². The van der Waals surface area contributed by atoms with Gasteiger partial charge in [-0.25, -0.2) is 0 Å². The third-order valence-electron chi connectivity index (χ3n) is 3.42. The first-order valence-corrected chi connectivity index (χ1v) is 8.32. The molecule has 0 spiro atoms. The summed E-state index contributed by atoms with van der Waals surface area (Å²) < 4.78 is 5.97. The summed E-state index contributed by atoms with van der Waals surface area (Å²) in [6, 6.07) is 8.19. The Hall–Kier alpha value is -1.16. The lowest BCUT2D eigenvalue weighted by atomic mass is 10.00. The van der Waals surface area contributed by atoms with Gasteiger partial charge in [0.25, 0.3) is 0 Å². The Morgan fingerprint density at radius 3 is 2.95 bits per heavy atom. The van der Waals surface area contributed by atoms with Gasteiger partial charge in [-0.2, -0.15) is 0 Å². The summed E-state index contributed by atoms with van der Waals surface area (Å²) in [6.07, 6.45) is 7.26. The number of benzene rings is 1. The summed E-state index contributed by atoms with van der Waals surface area (Å²) >= 11 is 7.92. The molecule has 1 aromatic carbocycles. The molecule has 2 aliphatic heterocycles. The lowest BCUT2D eigenvalue weighted by Gasteiger charge is -2.27. The van der Waals surface area contributed by atoms with Gasteiger partial charge in [0.05, 0.1) is 4.91 Å². The second-order valence-corrected chi connectivity index (χ2v) is 7.21. The molecule has 2 aliphatic rings. The molecule has 2 heterocycles. The predicted octanol–water partition coefficient (Wildman–Crippen LogP) is 4.49. The molecule has 3 rings (SSSR count). The number of hydrogen-bond donors (Lipinski definition) is 0. The van der Waals surface area contributed by atoms with E-state index in [1.165, 1.54) is 5.57 Å². The summed E-state index contributed by atoms with van der Waals surface area (Å²) in [5.74, 6) is 1.83. The number of thioether (sulfide) groups is 1. The minimum absolute atomic E-state index is 0.0325. The lowest BCUT2D eigenvalue weighted by Crippen LogP contribution is -2.13. The molecule has 0 saturated heterocycles. The largest absolute Gasteiger partial charge is 0.456 e. The first-order chi connectivity index (χ1) is 10.1. The fraction of sp³-hybridized carbons (Fsp3) is 0.294. The number of halogens is 1. The molecular weight excluding hydrogens is 302 g/mol. The first-order valence-electron chi connectivity index (χ1n) is 7.01. The first kappa shape index (κ1) is 14.8. The smallest absolute Gasteiger partial charge is 0.141 e. The summed E-state index contributed by atoms with van der Waals surface area (Å²) in [5, 5.41) is 0. The van der Waals surface area contributed by atoms with Crippen LogP contribution in [0.25, 0.3) is 5.57 Å². The van der Waals surface area contributed by atoms with Gasteiger partial charge in [0, 0.05) is 12.1 Å². The quantitative estimate of drug-likeness (QED) is 0.761. The normalized spacial score (nSPS) is 22.3. The van der Waals surface area contributed by atoms with Crippen molar-refractivity contribution in [3.63, 3.8) is 0 Å². The Morgan fingerprint density at radius 2 is 2.14 bits per heavy atom. The molecule has 0 aliphatic carbocycles. The van der Waals surface area contributed by atoms with E-state index >= 15 is 0 Å². The van der Waals surface area contributed by atoms with Gasteiger partial charge in [-0.3, -0.25) is 0 Å². The molecule has 0 amide bonds. The number of para-hydroxylation sites is 1. The second kappa shape index (κ2) is 6.30. The third kappa shape index (κ3) is 3.20. The molecule has 0 radical (unpaired) electrons. The van der Waals surface area contributed by atoms with Crippen molar-refractivity contribution in [3.8, 4) is 5.75 Å². The number of ether oxygens (including phenoxy) is 1. The van der Waals surface area contributed by atoms with E-state index in [1.807, 2.05) is 24.3 Å². The van der Waals surface area contributed by atoms with Gasteiger partial charge < -0.3 is 9.64 Å². The zero-order chi connectivity index (χ0) is 14.8. The van der Waals surface area contributed by atoms with Crippen LogP contribution < -0.4 is 4.74 Å². The van der Waals surface area contributed by atoms with Gasteiger partial charge in [-0.05, 0) is 38.2 Å². The van der Waals surface area contributed by atoms with E-state index in [-0.39, 0.29) is 4.71 Å². The topological polar surface area (TPSA) is 12.5 Å². The van der Waals surface area contributed by atoms with E-state index in [2.05, 4.69) is 37.2 Å². The maximum Gasteiger partial charge on any atom is 0.141 e. The van der Waals surface area contributed by atoms with Gasteiger partial charge in [-0.15, -0.1) is 11.6 Å². The number of allylic oxidation sites excluding steroid dienone is 2. The standard InChI is InChI=1S/C17H18ClNOS/c1-19(2)11-5-7-13-12-6-3-4-8-14(12)20-15-9-10-16(18)21-17(13)15/h3-4,6-10,16H,5,11H2,1-2H3. The minimum Gasteiger partial charge on any atom is -0.456 e. The van der Waals surface area contributed by atoms with Gasteiger partial charge in [0.2, 0.25) is 0 Å². The summed E-state index contributed by atoms with van der Waals surface area (Å²) in [7, 11) is 4.18. The average Bonchev–Trinajstić information content (AvgIpc) is 2.46. The van der Waals surface area contributed by atoms with Crippen molar-refractivity contribution in [2.45, 2.75) is 11.1 Å². The van der Waals surface area contributed by atoms with Crippen LogP contribution in [0, 0.1) is 0 Å². The van der Waals surface area contributed by atoms with Crippen molar-refractivity contribution < 1.29 is 4.74 Å². The molecule has 1 atom stereocenters. The van der Waals surface area contributed by atoms with Crippen LogP contribution in [0.3, 0.4) is 0 Å². The molecule has 0 saturated carbocycles. The zero-order valence-electron chi connectivity index (χ0n) is 12.2. The molecule has 0 N–H and O–H groups in total. The molecule has 2 nitrogen and oxygen atoms in total. The fourth-order valence-electron chi connectivity index (χ4n) is 2.41. The van der Waals surface area contributed by atoms with Gasteiger partial charge in [0.1, 0.15) is 16.2 Å². The number of fused-ring (bicyclic) bond motifs is 1. The summed E-state index contributed by atoms with van der Waals surface area (Å²) in [5.41, 5.74) is 2.40. The zero-order valence-corrected chi connectivity index (χ0v) is 13.7. The van der Waals surface area contributed by atoms with Crippen molar-refractivity contribution in [2.24, 2.45) is 0 Å². The monoisotopic (exact) mass is 319 g/mol. The van der Waals surface area contributed by atoms with Crippen LogP contribution in [0.1, 0.15) is 12.0 Å². The van der Waals surface area contributed by atoms with E-state index in [0.717, 1.165) is 34.9 Å². The number of alkyl halides is 1. The highest BCUT2D eigenvalue weighted by Gasteiger charge is 2.27. The van der Waals surface area contributed by atoms with Gasteiger partial charge >= 0.3 is 0 Å². The molecule has 0 bridgehead atoms. The van der Waals surface area contributed by atoms with Crippen LogP contribution in [0.4, 0.5) is 0 Å². The fourth-order valence-corrected chi connectivity index (χ4v) is 3.68. The molecule has 1 unspecified atom stereocenters.